The van der Waals surface area contributed by atoms with Crippen molar-refractivity contribution in [1.29, 1.82) is 0 Å². The molecule has 1 aromatic rings. The van der Waals surface area contributed by atoms with Gasteiger partial charge in [-0.2, -0.15) is 0 Å². The fraction of sp³-hybridized carbons (Fsp3) is 0.500. The second-order valence-electron chi connectivity index (χ2n) is 4.14. The topological polar surface area (TPSA) is 41.1 Å². The average molecular weight is 234 g/mol. The van der Waals surface area contributed by atoms with Crippen LogP contribution < -0.4 is 10.6 Å². The summed E-state index contributed by atoms with van der Waals surface area (Å²) < 4.78 is 0. The first kappa shape index (κ1) is 13.6. The Balaban J connectivity index is 2.50. The fourth-order valence-electron chi connectivity index (χ4n) is 1.72. The lowest BCUT2D eigenvalue weighted by Gasteiger charge is -2.07. The van der Waals surface area contributed by atoms with Crippen LogP contribution in [0.4, 0.5) is 10.5 Å². The molecule has 0 aromatic heterocycles. The van der Waals surface area contributed by atoms with Crippen LogP contribution >= 0.6 is 0 Å². The number of anilines is 1. The highest BCUT2D eigenvalue weighted by atomic mass is 16.2. The Hall–Kier alpha value is -1.51. The van der Waals surface area contributed by atoms with Crippen molar-refractivity contribution in [1.82, 2.24) is 5.32 Å². The molecule has 0 saturated carbocycles. The van der Waals surface area contributed by atoms with E-state index < -0.39 is 0 Å². The molecule has 1 rings (SSSR count). The molecule has 1 aromatic carbocycles. The number of urea groups is 1. The van der Waals surface area contributed by atoms with E-state index in [4.69, 9.17) is 0 Å². The molecule has 3 heteroatoms. The lowest BCUT2D eigenvalue weighted by atomic mass is 10.1. The molecule has 17 heavy (non-hydrogen) atoms. The minimum Gasteiger partial charge on any atom is -0.338 e. The van der Waals surface area contributed by atoms with Gasteiger partial charge in [0.1, 0.15) is 0 Å². The van der Waals surface area contributed by atoms with Gasteiger partial charge in [-0.25, -0.2) is 4.79 Å². The number of hydrogen-bond acceptors (Lipinski definition) is 1. The first-order chi connectivity index (χ1) is 8.26. The molecule has 0 bridgehead atoms. The monoisotopic (exact) mass is 234 g/mol. The van der Waals surface area contributed by atoms with E-state index in [1.807, 2.05) is 25.1 Å². The zero-order chi connectivity index (χ0) is 12.5. The largest absolute Gasteiger partial charge is 0.338 e. The zero-order valence-corrected chi connectivity index (χ0v) is 10.8. The van der Waals surface area contributed by atoms with Gasteiger partial charge in [-0.3, -0.25) is 0 Å². The summed E-state index contributed by atoms with van der Waals surface area (Å²) in [6.07, 6.45) is 4.78. The first-order valence-corrected chi connectivity index (χ1v) is 6.40. The Kier molecular flexibility index (Phi) is 6.15. The predicted molar refractivity (Wildman–Crippen MR) is 72.4 cm³/mol. The third-order valence-electron chi connectivity index (χ3n) is 2.59. The lowest BCUT2D eigenvalue weighted by molar-refractivity contribution is 0.252. The van der Waals surface area contributed by atoms with Crippen molar-refractivity contribution in [2.24, 2.45) is 0 Å². The molecule has 0 aliphatic carbocycles. The van der Waals surface area contributed by atoms with Gasteiger partial charge in [0.15, 0.2) is 0 Å². The number of rotatable bonds is 6. The maximum atomic E-state index is 11.4. The molecule has 0 fully saturated rings. The third-order valence-corrected chi connectivity index (χ3v) is 2.59. The van der Waals surface area contributed by atoms with E-state index >= 15 is 0 Å². The van der Waals surface area contributed by atoms with Crippen LogP contribution in [0.5, 0.6) is 0 Å². The van der Waals surface area contributed by atoms with E-state index in [1.54, 1.807) is 0 Å². The molecule has 0 aliphatic rings. The van der Waals surface area contributed by atoms with Crippen molar-refractivity contribution >= 4 is 11.7 Å². The minimum atomic E-state index is -0.141. The molecule has 0 aliphatic heterocycles. The van der Waals surface area contributed by atoms with Gasteiger partial charge in [0.25, 0.3) is 0 Å². The van der Waals surface area contributed by atoms with Crippen LogP contribution in [0.2, 0.25) is 0 Å². The molecule has 0 unspecified atom stereocenters. The number of hydrogen-bond donors (Lipinski definition) is 2. The molecule has 2 amide bonds. The summed E-state index contributed by atoms with van der Waals surface area (Å²) >= 11 is 0. The molecule has 2 N–H and O–H groups in total. The van der Waals surface area contributed by atoms with Crippen LogP contribution in [0, 0.1) is 0 Å². The van der Waals surface area contributed by atoms with Gasteiger partial charge >= 0.3 is 6.03 Å². The Morgan fingerprint density at radius 3 is 2.76 bits per heavy atom. The summed E-state index contributed by atoms with van der Waals surface area (Å²) in [5, 5.41) is 5.54. The Bertz CT molecular complexity index is 350. The van der Waals surface area contributed by atoms with Gasteiger partial charge in [0, 0.05) is 12.2 Å². The number of unbranched alkanes of at least 4 members (excludes halogenated alkanes) is 2. The van der Waals surface area contributed by atoms with Crippen molar-refractivity contribution in [2.75, 3.05) is 11.9 Å². The summed E-state index contributed by atoms with van der Waals surface area (Å²) in [4.78, 5) is 11.4. The van der Waals surface area contributed by atoms with E-state index in [-0.39, 0.29) is 6.03 Å². The van der Waals surface area contributed by atoms with Gasteiger partial charge in [-0.05, 0) is 37.5 Å². The number of carbonyl (C=O) groups is 1. The molecule has 0 atom stereocenters. The number of nitrogens with one attached hydrogen (secondary N) is 2. The molecule has 94 valence electrons. The van der Waals surface area contributed by atoms with E-state index in [1.165, 1.54) is 24.8 Å². The van der Waals surface area contributed by atoms with E-state index in [9.17, 15) is 4.79 Å². The third kappa shape index (κ3) is 5.38. The molecule has 0 heterocycles. The summed E-state index contributed by atoms with van der Waals surface area (Å²) in [7, 11) is 0. The fourth-order valence-corrected chi connectivity index (χ4v) is 1.72. The molecular formula is C14H22N2O. The van der Waals surface area contributed by atoms with Gasteiger partial charge in [-0.15, -0.1) is 0 Å². The van der Waals surface area contributed by atoms with Crippen LogP contribution in [0.15, 0.2) is 24.3 Å². The normalized spacial score (nSPS) is 10.0. The second-order valence-corrected chi connectivity index (χ2v) is 4.14. The first-order valence-electron chi connectivity index (χ1n) is 6.40. The van der Waals surface area contributed by atoms with Crippen LogP contribution in [0.25, 0.3) is 0 Å². The molecular weight excluding hydrogens is 212 g/mol. The standard InChI is InChI=1S/C14H22N2O/c1-3-5-6-8-12-9-7-10-13(11-12)16-14(17)15-4-2/h7,9-11H,3-6,8H2,1-2H3,(H2,15,16,17). The smallest absolute Gasteiger partial charge is 0.319 e. The molecule has 3 nitrogen and oxygen atoms in total. The van der Waals surface area contributed by atoms with Crippen molar-refractivity contribution in [2.45, 2.75) is 39.5 Å². The molecule has 0 spiro atoms. The lowest BCUT2D eigenvalue weighted by Crippen LogP contribution is -2.28. The van der Waals surface area contributed by atoms with Crippen LogP contribution in [0.3, 0.4) is 0 Å². The van der Waals surface area contributed by atoms with Crippen molar-refractivity contribution < 1.29 is 4.79 Å². The van der Waals surface area contributed by atoms with Crippen molar-refractivity contribution in [3.63, 3.8) is 0 Å². The molecule has 0 radical (unpaired) electrons. The number of aryl methyl sites for hydroxylation is 1. The van der Waals surface area contributed by atoms with E-state index in [0.717, 1.165) is 12.1 Å². The van der Waals surface area contributed by atoms with Crippen molar-refractivity contribution in [3.05, 3.63) is 29.8 Å². The predicted octanol–water partition coefficient (Wildman–Crippen LogP) is 3.56. The summed E-state index contributed by atoms with van der Waals surface area (Å²) in [6.45, 7) is 4.75. The number of carbonyl (C=O) groups excluding carboxylic acids is 1. The van der Waals surface area contributed by atoms with Crippen molar-refractivity contribution in [3.8, 4) is 0 Å². The summed E-state index contributed by atoms with van der Waals surface area (Å²) in [6, 6.07) is 7.92. The van der Waals surface area contributed by atoms with Crippen LogP contribution in [0.1, 0.15) is 38.7 Å². The highest BCUT2D eigenvalue weighted by Gasteiger charge is 2.00. The average Bonchev–Trinajstić information content (AvgIpc) is 2.30. The van der Waals surface area contributed by atoms with Crippen LogP contribution in [-0.2, 0) is 6.42 Å². The SMILES string of the molecule is CCCCCc1cccc(NC(=O)NCC)c1. The highest BCUT2D eigenvalue weighted by molar-refractivity contribution is 5.89. The second kappa shape index (κ2) is 7.71. The zero-order valence-electron chi connectivity index (χ0n) is 10.8. The van der Waals surface area contributed by atoms with Gasteiger partial charge in [0.05, 0.1) is 0 Å². The van der Waals surface area contributed by atoms with E-state index in [2.05, 4.69) is 23.6 Å². The van der Waals surface area contributed by atoms with Gasteiger partial charge in [-0.1, -0.05) is 31.9 Å². The Morgan fingerprint density at radius 1 is 1.24 bits per heavy atom. The van der Waals surface area contributed by atoms with Gasteiger partial charge in [0.2, 0.25) is 0 Å². The maximum absolute atomic E-state index is 11.4. The molecule has 0 saturated heterocycles. The Morgan fingerprint density at radius 2 is 2.06 bits per heavy atom. The van der Waals surface area contributed by atoms with Gasteiger partial charge < -0.3 is 10.6 Å². The maximum Gasteiger partial charge on any atom is 0.319 e. The Labute approximate surface area is 104 Å². The number of benzene rings is 1. The summed E-state index contributed by atoms with van der Waals surface area (Å²) in [5.74, 6) is 0. The van der Waals surface area contributed by atoms with Crippen LogP contribution in [-0.4, -0.2) is 12.6 Å². The van der Waals surface area contributed by atoms with E-state index in [0.29, 0.717) is 6.54 Å². The highest BCUT2D eigenvalue weighted by Crippen LogP contribution is 2.13. The quantitative estimate of drug-likeness (QED) is 0.726. The minimum absolute atomic E-state index is 0.141. The number of amides is 2. The summed E-state index contributed by atoms with van der Waals surface area (Å²) in [5.41, 5.74) is 2.15.